The normalized spacial score (nSPS) is 10.5. The molecule has 5 heteroatoms. The van der Waals surface area contributed by atoms with Crippen molar-refractivity contribution in [2.45, 2.75) is 20.8 Å². The van der Waals surface area contributed by atoms with E-state index in [9.17, 15) is 0 Å². The van der Waals surface area contributed by atoms with Crippen molar-refractivity contribution >= 4 is 23.1 Å². The Bertz CT molecular complexity index is 797. The van der Waals surface area contributed by atoms with Gasteiger partial charge >= 0.3 is 0 Å². The summed E-state index contributed by atoms with van der Waals surface area (Å²) in [6.45, 7) is 7.02. The van der Waals surface area contributed by atoms with E-state index in [1.54, 1.807) is 6.20 Å². The first kappa shape index (κ1) is 15.9. The molecule has 0 fully saturated rings. The Kier molecular flexibility index (Phi) is 4.70. The van der Waals surface area contributed by atoms with E-state index in [1.807, 2.05) is 24.3 Å². The summed E-state index contributed by atoms with van der Waals surface area (Å²) in [6, 6.07) is 16.3. The van der Waals surface area contributed by atoms with Gasteiger partial charge in [0.2, 0.25) is 5.95 Å². The third-order valence-electron chi connectivity index (χ3n) is 3.92. The van der Waals surface area contributed by atoms with E-state index in [1.165, 1.54) is 0 Å². The minimum Gasteiger partial charge on any atom is -0.325 e. The fraction of sp³-hybridized carbons (Fsp3) is 0.211. The molecule has 3 rings (SSSR count). The molecular formula is C19H21N5. The van der Waals surface area contributed by atoms with Gasteiger partial charge in [0.05, 0.1) is 6.20 Å². The zero-order valence-corrected chi connectivity index (χ0v) is 14.2. The zero-order chi connectivity index (χ0) is 16.9. The zero-order valence-electron chi connectivity index (χ0n) is 14.2. The second-order valence-electron chi connectivity index (χ2n) is 5.61. The van der Waals surface area contributed by atoms with Crippen molar-refractivity contribution < 1.29 is 0 Å². The van der Waals surface area contributed by atoms with Gasteiger partial charge in [-0.3, -0.25) is 0 Å². The highest BCUT2D eigenvalue weighted by atomic mass is 15.3. The van der Waals surface area contributed by atoms with Crippen LogP contribution in [0.4, 0.5) is 23.1 Å². The van der Waals surface area contributed by atoms with Gasteiger partial charge in [-0.1, -0.05) is 36.4 Å². The van der Waals surface area contributed by atoms with Crippen LogP contribution in [-0.4, -0.2) is 21.7 Å². The van der Waals surface area contributed by atoms with Crippen molar-refractivity contribution in [1.82, 2.24) is 15.2 Å². The van der Waals surface area contributed by atoms with Crippen LogP contribution in [0.1, 0.15) is 18.1 Å². The molecule has 0 radical (unpaired) electrons. The predicted octanol–water partition coefficient (Wildman–Crippen LogP) is 4.39. The number of hydrogen-bond donors (Lipinski definition) is 1. The van der Waals surface area contributed by atoms with E-state index in [2.05, 4.69) is 70.4 Å². The van der Waals surface area contributed by atoms with Crippen LogP contribution in [0, 0.1) is 13.8 Å². The van der Waals surface area contributed by atoms with E-state index < -0.39 is 0 Å². The summed E-state index contributed by atoms with van der Waals surface area (Å²) >= 11 is 0. The number of nitrogens with zero attached hydrogens (tertiary/aromatic N) is 4. The van der Waals surface area contributed by atoms with Crippen LogP contribution in [0.2, 0.25) is 0 Å². The van der Waals surface area contributed by atoms with Gasteiger partial charge in [0.25, 0.3) is 0 Å². The molecule has 1 N–H and O–H groups in total. The molecule has 2 aromatic carbocycles. The minimum atomic E-state index is 0.499. The minimum absolute atomic E-state index is 0.499. The van der Waals surface area contributed by atoms with E-state index in [0.29, 0.717) is 5.95 Å². The predicted molar refractivity (Wildman–Crippen MR) is 98.1 cm³/mol. The molecule has 0 unspecified atom stereocenters. The van der Waals surface area contributed by atoms with Crippen LogP contribution in [0.3, 0.4) is 0 Å². The third-order valence-corrected chi connectivity index (χ3v) is 3.92. The molecule has 0 saturated heterocycles. The number of anilines is 4. The van der Waals surface area contributed by atoms with E-state index in [4.69, 9.17) is 0 Å². The summed E-state index contributed by atoms with van der Waals surface area (Å²) < 4.78 is 0. The molecular weight excluding hydrogens is 298 g/mol. The van der Waals surface area contributed by atoms with Crippen molar-refractivity contribution in [2.75, 3.05) is 16.8 Å². The largest absolute Gasteiger partial charge is 0.325 e. The number of rotatable bonds is 5. The monoisotopic (exact) mass is 319 g/mol. The Balaban J connectivity index is 1.92. The van der Waals surface area contributed by atoms with E-state index >= 15 is 0 Å². The van der Waals surface area contributed by atoms with Gasteiger partial charge in [0.15, 0.2) is 5.82 Å². The van der Waals surface area contributed by atoms with Crippen molar-refractivity contribution in [3.8, 4) is 0 Å². The quantitative estimate of drug-likeness (QED) is 0.756. The topological polar surface area (TPSA) is 53.9 Å². The lowest BCUT2D eigenvalue weighted by molar-refractivity contribution is 0.921. The van der Waals surface area contributed by atoms with Crippen LogP contribution in [0.15, 0.2) is 54.7 Å². The lowest BCUT2D eigenvalue weighted by Gasteiger charge is -2.22. The average Bonchev–Trinajstić information content (AvgIpc) is 2.60. The van der Waals surface area contributed by atoms with E-state index in [0.717, 1.165) is 34.9 Å². The summed E-state index contributed by atoms with van der Waals surface area (Å²) in [5.74, 6) is 1.27. The van der Waals surface area contributed by atoms with Gasteiger partial charge in [-0.2, -0.15) is 10.1 Å². The summed E-state index contributed by atoms with van der Waals surface area (Å²) in [4.78, 5) is 6.74. The van der Waals surface area contributed by atoms with Gasteiger partial charge in [0.1, 0.15) is 0 Å². The fourth-order valence-electron chi connectivity index (χ4n) is 2.69. The Morgan fingerprint density at radius 3 is 2.33 bits per heavy atom. The van der Waals surface area contributed by atoms with Crippen molar-refractivity contribution in [2.24, 2.45) is 0 Å². The fourth-order valence-corrected chi connectivity index (χ4v) is 2.69. The maximum absolute atomic E-state index is 4.64. The maximum atomic E-state index is 4.64. The molecule has 0 aliphatic heterocycles. The highest BCUT2D eigenvalue weighted by Gasteiger charge is 2.11. The highest BCUT2D eigenvalue weighted by molar-refractivity contribution is 5.64. The SMILES string of the molecule is CCN(c1ccccc1)c1cnnc(Nc2c(C)cccc2C)n1. The number of nitrogens with one attached hydrogen (secondary N) is 1. The Labute approximate surface area is 142 Å². The first-order valence-electron chi connectivity index (χ1n) is 8.04. The maximum Gasteiger partial charge on any atom is 0.249 e. The molecule has 5 nitrogen and oxygen atoms in total. The molecule has 1 heterocycles. The molecule has 0 amide bonds. The molecule has 0 saturated carbocycles. The van der Waals surface area contributed by atoms with Crippen molar-refractivity contribution in [3.05, 3.63) is 65.9 Å². The molecule has 1 aromatic heterocycles. The summed E-state index contributed by atoms with van der Waals surface area (Å²) in [5.41, 5.74) is 4.41. The first-order chi connectivity index (χ1) is 11.7. The van der Waals surface area contributed by atoms with Gasteiger partial charge in [-0.05, 0) is 44.0 Å². The number of para-hydroxylation sites is 2. The number of aromatic nitrogens is 3. The van der Waals surface area contributed by atoms with Crippen LogP contribution in [-0.2, 0) is 0 Å². The lowest BCUT2D eigenvalue weighted by Crippen LogP contribution is -2.18. The molecule has 0 spiro atoms. The highest BCUT2D eigenvalue weighted by Crippen LogP contribution is 2.25. The Morgan fingerprint density at radius 1 is 0.958 bits per heavy atom. The summed E-state index contributed by atoms with van der Waals surface area (Å²) in [5, 5.41) is 11.5. The summed E-state index contributed by atoms with van der Waals surface area (Å²) in [6.07, 6.45) is 1.69. The van der Waals surface area contributed by atoms with Crippen molar-refractivity contribution in [1.29, 1.82) is 0 Å². The van der Waals surface area contributed by atoms with Crippen LogP contribution < -0.4 is 10.2 Å². The van der Waals surface area contributed by atoms with Crippen LogP contribution >= 0.6 is 0 Å². The molecule has 0 atom stereocenters. The van der Waals surface area contributed by atoms with Crippen LogP contribution in [0.5, 0.6) is 0 Å². The lowest BCUT2D eigenvalue weighted by atomic mass is 10.1. The molecule has 0 aliphatic carbocycles. The first-order valence-corrected chi connectivity index (χ1v) is 8.04. The second-order valence-corrected chi connectivity index (χ2v) is 5.61. The van der Waals surface area contributed by atoms with E-state index in [-0.39, 0.29) is 0 Å². The number of hydrogen-bond acceptors (Lipinski definition) is 5. The number of benzene rings is 2. The standard InChI is InChI=1S/C19H21N5/c1-4-24(16-11-6-5-7-12-16)17-13-20-23-19(21-17)22-18-14(2)9-8-10-15(18)3/h5-13H,4H2,1-3H3,(H,21,22,23). The second kappa shape index (κ2) is 7.08. The molecule has 0 bridgehead atoms. The molecule has 122 valence electrons. The Morgan fingerprint density at radius 2 is 1.67 bits per heavy atom. The van der Waals surface area contributed by atoms with Gasteiger partial charge in [-0.15, -0.1) is 5.10 Å². The molecule has 24 heavy (non-hydrogen) atoms. The smallest absolute Gasteiger partial charge is 0.249 e. The molecule has 3 aromatic rings. The van der Waals surface area contributed by atoms with Gasteiger partial charge in [0, 0.05) is 17.9 Å². The Hall–Kier alpha value is -2.95. The number of aryl methyl sites for hydroxylation is 2. The molecule has 0 aliphatic rings. The van der Waals surface area contributed by atoms with Gasteiger partial charge in [-0.25, -0.2) is 0 Å². The summed E-state index contributed by atoms with van der Waals surface area (Å²) in [7, 11) is 0. The van der Waals surface area contributed by atoms with Crippen LogP contribution in [0.25, 0.3) is 0 Å². The van der Waals surface area contributed by atoms with Gasteiger partial charge < -0.3 is 10.2 Å². The van der Waals surface area contributed by atoms with Crippen molar-refractivity contribution in [3.63, 3.8) is 0 Å². The third kappa shape index (κ3) is 3.35. The average molecular weight is 319 g/mol.